The van der Waals surface area contributed by atoms with E-state index < -0.39 is 5.91 Å². The molecule has 1 amide bonds. The first-order valence-electron chi connectivity index (χ1n) is 6.56. The van der Waals surface area contributed by atoms with E-state index in [1.54, 1.807) is 0 Å². The van der Waals surface area contributed by atoms with E-state index in [9.17, 15) is 4.79 Å². The summed E-state index contributed by atoms with van der Waals surface area (Å²) in [4.78, 5) is 10.6. The monoisotopic (exact) mass is 264 g/mol. The highest BCUT2D eigenvalue weighted by molar-refractivity contribution is 5.75. The van der Waals surface area contributed by atoms with Crippen LogP contribution in [-0.2, 0) is 16.1 Å². The molecule has 1 heterocycles. The van der Waals surface area contributed by atoms with E-state index in [2.05, 4.69) is 5.32 Å². The van der Waals surface area contributed by atoms with Gasteiger partial charge in [0, 0.05) is 19.7 Å². The van der Waals surface area contributed by atoms with E-state index in [0.29, 0.717) is 11.9 Å². The second kappa shape index (κ2) is 7.11. The fourth-order valence-electron chi connectivity index (χ4n) is 2.04. The molecule has 0 saturated carbocycles. The van der Waals surface area contributed by atoms with E-state index in [0.717, 1.165) is 32.5 Å². The van der Waals surface area contributed by atoms with Crippen molar-refractivity contribution >= 4 is 5.91 Å². The first kappa shape index (κ1) is 13.8. The van der Waals surface area contributed by atoms with Gasteiger partial charge in [0.25, 0.3) is 5.91 Å². The first-order chi connectivity index (χ1) is 9.24. The van der Waals surface area contributed by atoms with Gasteiger partial charge in [0.05, 0.1) is 6.10 Å². The van der Waals surface area contributed by atoms with Crippen LogP contribution in [-0.4, -0.2) is 31.8 Å². The van der Waals surface area contributed by atoms with Crippen LogP contribution in [0.2, 0.25) is 0 Å². The standard InChI is InChI=1S/C14H20N2O3/c15-14(17)10-19-12-5-3-11(4-6-12)8-16-9-13-2-1-7-18-13/h3-6,13,16H,1-2,7-10H2,(H2,15,17). The molecule has 1 aliphatic heterocycles. The predicted molar refractivity (Wildman–Crippen MR) is 71.8 cm³/mol. The van der Waals surface area contributed by atoms with Crippen molar-refractivity contribution < 1.29 is 14.3 Å². The van der Waals surface area contributed by atoms with Gasteiger partial charge < -0.3 is 20.5 Å². The van der Waals surface area contributed by atoms with E-state index in [4.69, 9.17) is 15.2 Å². The number of benzene rings is 1. The molecular weight excluding hydrogens is 244 g/mol. The molecule has 0 radical (unpaired) electrons. The molecule has 104 valence electrons. The maximum absolute atomic E-state index is 10.6. The molecular formula is C14H20N2O3. The molecule has 2 rings (SSSR count). The summed E-state index contributed by atoms with van der Waals surface area (Å²) in [6.07, 6.45) is 2.67. The van der Waals surface area contributed by atoms with Crippen LogP contribution in [0, 0.1) is 0 Å². The van der Waals surface area contributed by atoms with Crippen LogP contribution < -0.4 is 15.8 Å². The summed E-state index contributed by atoms with van der Waals surface area (Å²) in [5.41, 5.74) is 6.18. The Kier molecular flexibility index (Phi) is 5.18. The number of carbonyl (C=O) groups is 1. The summed E-state index contributed by atoms with van der Waals surface area (Å²) in [5, 5.41) is 3.37. The minimum absolute atomic E-state index is 0.0867. The Morgan fingerprint density at radius 2 is 2.21 bits per heavy atom. The zero-order valence-corrected chi connectivity index (χ0v) is 10.9. The first-order valence-corrected chi connectivity index (χ1v) is 6.56. The van der Waals surface area contributed by atoms with Crippen molar-refractivity contribution in [3.8, 4) is 5.75 Å². The van der Waals surface area contributed by atoms with Crippen LogP contribution in [0.5, 0.6) is 5.75 Å². The number of rotatable bonds is 7. The summed E-state index contributed by atoms with van der Waals surface area (Å²) >= 11 is 0. The number of ether oxygens (including phenoxy) is 2. The van der Waals surface area contributed by atoms with Gasteiger partial charge in [-0.1, -0.05) is 12.1 Å². The number of carbonyl (C=O) groups excluding carboxylic acids is 1. The van der Waals surface area contributed by atoms with Gasteiger partial charge in [-0.15, -0.1) is 0 Å². The zero-order chi connectivity index (χ0) is 13.5. The number of primary amides is 1. The third kappa shape index (κ3) is 4.89. The molecule has 0 aromatic heterocycles. The molecule has 1 unspecified atom stereocenters. The lowest BCUT2D eigenvalue weighted by Crippen LogP contribution is -2.25. The molecule has 1 fully saturated rings. The number of amides is 1. The fraction of sp³-hybridized carbons (Fsp3) is 0.500. The summed E-state index contributed by atoms with van der Waals surface area (Å²) < 4.78 is 10.7. The molecule has 1 aromatic rings. The van der Waals surface area contributed by atoms with Crippen molar-refractivity contribution in [3.05, 3.63) is 29.8 Å². The van der Waals surface area contributed by atoms with Gasteiger partial charge in [0.1, 0.15) is 5.75 Å². The highest BCUT2D eigenvalue weighted by Crippen LogP contribution is 2.13. The van der Waals surface area contributed by atoms with Gasteiger partial charge in [-0.3, -0.25) is 4.79 Å². The van der Waals surface area contributed by atoms with Crippen molar-refractivity contribution in [1.29, 1.82) is 0 Å². The lowest BCUT2D eigenvalue weighted by molar-refractivity contribution is -0.119. The van der Waals surface area contributed by atoms with Crippen LogP contribution in [0.4, 0.5) is 0 Å². The summed E-state index contributed by atoms with van der Waals surface area (Å²) in [6, 6.07) is 7.62. The topological polar surface area (TPSA) is 73.6 Å². The van der Waals surface area contributed by atoms with Crippen molar-refractivity contribution in [3.63, 3.8) is 0 Å². The molecule has 0 bridgehead atoms. The van der Waals surface area contributed by atoms with Crippen molar-refractivity contribution in [2.75, 3.05) is 19.8 Å². The van der Waals surface area contributed by atoms with E-state index >= 15 is 0 Å². The molecule has 19 heavy (non-hydrogen) atoms. The van der Waals surface area contributed by atoms with Crippen LogP contribution >= 0.6 is 0 Å². The summed E-state index contributed by atoms with van der Waals surface area (Å²) in [6.45, 7) is 2.49. The van der Waals surface area contributed by atoms with Crippen molar-refractivity contribution in [2.45, 2.75) is 25.5 Å². The summed E-state index contributed by atoms with van der Waals surface area (Å²) in [7, 11) is 0. The molecule has 0 spiro atoms. The predicted octanol–water partition coefficient (Wildman–Crippen LogP) is 0.819. The molecule has 1 aliphatic rings. The maximum Gasteiger partial charge on any atom is 0.255 e. The smallest absolute Gasteiger partial charge is 0.255 e. The second-order valence-corrected chi connectivity index (χ2v) is 4.66. The third-order valence-corrected chi connectivity index (χ3v) is 3.03. The SMILES string of the molecule is NC(=O)COc1ccc(CNCC2CCCO2)cc1. The van der Waals surface area contributed by atoms with Crippen molar-refractivity contribution in [1.82, 2.24) is 5.32 Å². The largest absolute Gasteiger partial charge is 0.484 e. The van der Waals surface area contributed by atoms with Gasteiger partial charge in [0.2, 0.25) is 0 Å². The van der Waals surface area contributed by atoms with Gasteiger partial charge in [-0.05, 0) is 30.5 Å². The van der Waals surface area contributed by atoms with Crippen LogP contribution in [0.25, 0.3) is 0 Å². The number of nitrogens with two attached hydrogens (primary N) is 1. The van der Waals surface area contributed by atoms with Gasteiger partial charge in [0.15, 0.2) is 6.61 Å². The lowest BCUT2D eigenvalue weighted by Gasteiger charge is -2.11. The Balaban J connectivity index is 1.70. The molecule has 5 heteroatoms. The van der Waals surface area contributed by atoms with Crippen LogP contribution in [0.15, 0.2) is 24.3 Å². The van der Waals surface area contributed by atoms with Gasteiger partial charge in [-0.25, -0.2) is 0 Å². The Hall–Kier alpha value is -1.59. The fourth-order valence-corrected chi connectivity index (χ4v) is 2.04. The molecule has 5 nitrogen and oxygen atoms in total. The van der Waals surface area contributed by atoms with Crippen molar-refractivity contribution in [2.24, 2.45) is 5.73 Å². The zero-order valence-electron chi connectivity index (χ0n) is 10.9. The molecule has 0 aliphatic carbocycles. The molecule has 1 aromatic carbocycles. The molecule has 3 N–H and O–H groups in total. The number of nitrogens with one attached hydrogen (secondary N) is 1. The number of hydrogen-bond acceptors (Lipinski definition) is 4. The van der Waals surface area contributed by atoms with Gasteiger partial charge >= 0.3 is 0 Å². The Morgan fingerprint density at radius 3 is 2.84 bits per heavy atom. The quantitative estimate of drug-likeness (QED) is 0.764. The Labute approximate surface area is 113 Å². The summed E-state index contributed by atoms with van der Waals surface area (Å²) in [5.74, 6) is 0.184. The van der Waals surface area contributed by atoms with Gasteiger partial charge in [-0.2, -0.15) is 0 Å². The lowest BCUT2D eigenvalue weighted by atomic mass is 10.2. The van der Waals surface area contributed by atoms with E-state index in [1.165, 1.54) is 5.56 Å². The Morgan fingerprint density at radius 1 is 1.42 bits per heavy atom. The van der Waals surface area contributed by atoms with E-state index in [-0.39, 0.29) is 6.61 Å². The maximum atomic E-state index is 10.6. The van der Waals surface area contributed by atoms with Crippen LogP contribution in [0.1, 0.15) is 18.4 Å². The average Bonchev–Trinajstić information content (AvgIpc) is 2.91. The number of hydrogen-bond donors (Lipinski definition) is 2. The highest BCUT2D eigenvalue weighted by Gasteiger charge is 2.14. The second-order valence-electron chi connectivity index (χ2n) is 4.66. The minimum Gasteiger partial charge on any atom is -0.484 e. The Bertz CT molecular complexity index is 400. The van der Waals surface area contributed by atoms with Crippen LogP contribution in [0.3, 0.4) is 0 Å². The molecule has 1 saturated heterocycles. The minimum atomic E-state index is -0.470. The average molecular weight is 264 g/mol. The third-order valence-electron chi connectivity index (χ3n) is 3.03. The highest BCUT2D eigenvalue weighted by atomic mass is 16.5. The normalized spacial score (nSPS) is 18.4. The van der Waals surface area contributed by atoms with E-state index in [1.807, 2.05) is 24.3 Å². The molecule has 1 atom stereocenters.